The van der Waals surface area contributed by atoms with Crippen LogP contribution in [0.3, 0.4) is 0 Å². The number of amides is 1. The number of halogens is 1. The molecular weight excluding hydrogens is 365 g/mol. The van der Waals surface area contributed by atoms with E-state index in [-0.39, 0.29) is 23.4 Å². The second kappa shape index (κ2) is 7.03. The van der Waals surface area contributed by atoms with Gasteiger partial charge in [0.25, 0.3) is 5.91 Å². The van der Waals surface area contributed by atoms with Crippen LogP contribution in [0.2, 0.25) is 0 Å². The normalized spacial score (nSPS) is 11.6. The van der Waals surface area contributed by atoms with Gasteiger partial charge in [-0.3, -0.25) is 4.79 Å². The SMILES string of the molecule is CNC(=O)c1c(Nc2ncc(F)c(Nc3cccc(O)c3)n2)ccc2c1CO2. The van der Waals surface area contributed by atoms with E-state index in [4.69, 9.17) is 4.74 Å². The smallest absolute Gasteiger partial charge is 0.253 e. The van der Waals surface area contributed by atoms with E-state index in [1.807, 2.05) is 0 Å². The molecule has 1 aliphatic rings. The van der Waals surface area contributed by atoms with Crippen molar-refractivity contribution in [1.29, 1.82) is 0 Å². The lowest BCUT2D eigenvalue weighted by atomic mass is 10.0. The summed E-state index contributed by atoms with van der Waals surface area (Å²) in [5, 5.41) is 17.9. The van der Waals surface area contributed by atoms with Crippen molar-refractivity contribution in [2.24, 2.45) is 0 Å². The number of benzene rings is 2. The number of phenols is 1. The minimum absolute atomic E-state index is 0.0392. The van der Waals surface area contributed by atoms with Gasteiger partial charge in [0, 0.05) is 24.4 Å². The van der Waals surface area contributed by atoms with Crippen LogP contribution >= 0.6 is 0 Å². The molecule has 9 heteroatoms. The van der Waals surface area contributed by atoms with Gasteiger partial charge in [-0.1, -0.05) is 6.07 Å². The van der Waals surface area contributed by atoms with Gasteiger partial charge in [0.2, 0.25) is 5.95 Å². The molecule has 0 bridgehead atoms. The molecule has 4 N–H and O–H groups in total. The van der Waals surface area contributed by atoms with E-state index in [1.54, 1.807) is 24.3 Å². The first-order chi connectivity index (χ1) is 13.5. The summed E-state index contributed by atoms with van der Waals surface area (Å²) in [7, 11) is 1.54. The average Bonchev–Trinajstić information content (AvgIpc) is 2.65. The Morgan fingerprint density at radius 1 is 1.25 bits per heavy atom. The van der Waals surface area contributed by atoms with Crippen molar-refractivity contribution in [2.75, 3.05) is 17.7 Å². The number of aromatic hydroxyl groups is 1. The number of rotatable bonds is 5. The minimum atomic E-state index is -0.661. The fourth-order valence-electron chi connectivity index (χ4n) is 2.82. The minimum Gasteiger partial charge on any atom is -0.508 e. The van der Waals surface area contributed by atoms with Crippen molar-refractivity contribution in [2.45, 2.75) is 6.61 Å². The molecule has 0 radical (unpaired) electrons. The molecule has 1 aromatic heterocycles. The third kappa shape index (κ3) is 3.25. The van der Waals surface area contributed by atoms with Crippen LogP contribution in [0.1, 0.15) is 15.9 Å². The van der Waals surface area contributed by atoms with Crippen LogP contribution in [-0.2, 0) is 6.61 Å². The Labute approximate surface area is 159 Å². The van der Waals surface area contributed by atoms with Gasteiger partial charge in [-0.15, -0.1) is 0 Å². The van der Waals surface area contributed by atoms with E-state index in [0.717, 1.165) is 11.8 Å². The Kier molecular flexibility index (Phi) is 4.40. The number of anilines is 4. The molecule has 8 nitrogen and oxygen atoms in total. The zero-order chi connectivity index (χ0) is 19.7. The maximum absolute atomic E-state index is 14.1. The van der Waals surface area contributed by atoms with E-state index in [9.17, 15) is 14.3 Å². The Balaban J connectivity index is 1.65. The summed E-state index contributed by atoms with van der Waals surface area (Å²) in [5.74, 6) is -0.215. The number of nitrogens with one attached hydrogen (secondary N) is 3. The van der Waals surface area contributed by atoms with E-state index >= 15 is 0 Å². The lowest BCUT2D eigenvalue weighted by Gasteiger charge is -2.25. The Morgan fingerprint density at radius 3 is 2.82 bits per heavy atom. The molecule has 2 aromatic carbocycles. The van der Waals surface area contributed by atoms with E-state index in [2.05, 4.69) is 25.9 Å². The quantitative estimate of drug-likeness (QED) is 0.538. The summed E-state index contributed by atoms with van der Waals surface area (Å²) in [6.45, 7) is 0.336. The van der Waals surface area contributed by atoms with Gasteiger partial charge in [0.05, 0.1) is 17.4 Å². The highest BCUT2D eigenvalue weighted by atomic mass is 19.1. The number of hydrogen-bond donors (Lipinski definition) is 4. The van der Waals surface area contributed by atoms with Gasteiger partial charge in [-0.05, 0) is 24.3 Å². The van der Waals surface area contributed by atoms with Crippen molar-refractivity contribution in [3.63, 3.8) is 0 Å². The van der Waals surface area contributed by atoms with Crippen LogP contribution in [0.5, 0.6) is 11.5 Å². The molecule has 142 valence electrons. The van der Waals surface area contributed by atoms with Crippen LogP contribution in [0, 0.1) is 5.82 Å². The van der Waals surface area contributed by atoms with Crippen LogP contribution in [0.4, 0.5) is 27.5 Å². The summed E-state index contributed by atoms with van der Waals surface area (Å²) < 4.78 is 19.4. The van der Waals surface area contributed by atoms with Crippen molar-refractivity contribution in [1.82, 2.24) is 15.3 Å². The maximum Gasteiger partial charge on any atom is 0.253 e. The number of phenolic OH excluding ortho intramolecular Hbond substituents is 1. The zero-order valence-corrected chi connectivity index (χ0v) is 14.8. The summed E-state index contributed by atoms with van der Waals surface area (Å²) in [5.41, 5.74) is 2.16. The van der Waals surface area contributed by atoms with E-state index in [1.165, 1.54) is 19.2 Å². The molecular formula is C19H16FN5O3. The molecule has 1 amide bonds. The molecule has 0 atom stereocenters. The lowest BCUT2D eigenvalue weighted by molar-refractivity contribution is 0.0957. The molecule has 0 spiro atoms. The summed E-state index contributed by atoms with van der Waals surface area (Å²) in [4.78, 5) is 20.4. The highest BCUT2D eigenvalue weighted by Crippen LogP contribution is 2.37. The standard InChI is InChI=1S/C19H16FN5O3/c1-21-18(27)16-12-9-28-15(12)6-5-14(16)24-19-22-8-13(20)17(25-19)23-10-3-2-4-11(26)7-10/h2-8,26H,9H2,1H3,(H,21,27)(H2,22,23,24,25). The predicted octanol–water partition coefficient (Wildman–Crippen LogP) is 3.06. The highest BCUT2D eigenvalue weighted by Gasteiger charge is 2.26. The molecule has 0 unspecified atom stereocenters. The Morgan fingerprint density at radius 2 is 2.11 bits per heavy atom. The Hall–Kier alpha value is -3.88. The third-order valence-corrected chi connectivity index (χ3v) is 4.20. The number of carbonyl (C=O) groups excluding carboxylic acids is 1. The van der Waals surface area contributed by atoms with Gasteiger partial charge in [0.1, 0.15) is 18.1 Å². The first kappa shape index (κ1) is 17.5. The predicted molar refractivity (Wildman–Crippen MR) is 101 cm³/mol. The Bertz CT molecular complexity index is 1070. The van der Waals surface area contributed by atoms with Crippen LogP contribution in [-0.4, -0.2) is 28.0 Å². The third-order valence-electron chi connectivity index (χ3n) is 4.20. The van der Waals surface area contributed by atoms with Crippen LogP contribution < -0.4 is 20.7 Å². The number of nitrogens with zero attached hydrogens (tertiary/aromatic N) is 2. The molecule has 0 saturated heterocycles. The fraction of sp³-hybridized carbons (Fsp3) is 0.105. The molecule has 3 aromatic rings. The molecule has 4 rings (SSSR count). The summed E-state index contributed by atoms with van der Waals surface area (Å²) >= 11 is 0. The molecule has 28 heavy (non-hydrogen) atoms. The average molecular weight is 381 g/mol. The maximum atomic E-state index is 14.1. The van der Waals surface area contributed by atoms with Crippen molar-refractivity contribution >= 4 is 29.0 Å². The summed E-state index contributed by atoms with van der Waals surface area (Å²) in [6.07, 6.45) is 1.02. The molecule has 2 heterocycles. The van der Waals surface area contributed by atoms with Crippen molar-refractivity contribution < 1.29 is 19.0 Å². The van der Waals surface area contributed by atoms with Gasteiger partial charge in [-0.25, -0.2) is 9.37 Å². The molecule has 0 aliphatic carbocycles. The highest BCUT2D eigenvalue weighted by molar-refractivity contribution is 6.02. The molecule has 1 aliphatic heterocycles. The number of fused-ring (bicyclic) bond motifs is 1. The topological polar surface area (TPSA) is 108 Å². The molecule has 0 saturated carbocycles. The summed E-state index contributed by atoms with van der Waals surface area (Å²) in [6, 6.07) is 9.64. The van der Waals surface area contributed by atoms with Crippen LogP contribution in [0.15, 0.2) is 42.6 Å². The lowest BCUT2D eigenvalue weighted by Crippen LogP contribution is -2.25. The first-order valence-electron chi connectivity index (χ1n) is 8.41. The number of carbonyl (C=O) groups is 1. The van der Waals surface area contributed by atoms with Crippen LogP contribution in [0.25, 0.3) is 0 Å². The monoisotopic (exact) mass is 381 g/mol. The second-order valence-electron chi connectivity index (χ2n) is 6.02. The van der Waals surface area contributed by atoms with Gasteiger partial charge >= 0.3 is 0 Å². The largest absolute Gasteiger partial charge is 0.508 e. The zero-order valence-electron chi connectivity index (χ0n) is 14.8. The van der Waals surface area contributed by atoms with Gasteiger partial charge in [-0.2, -0.15) is 4.98 Å². The molecule has 0 fully saturated rings. The van der Waals surface area contributed by atoms with Crippen molar-refractivity contribution in [3.05, 3.63) is 59.5 Å². The van der Waals surface area contributed by atoms with Gasteiger partial charge in [0.15, 0.2) is 11.6 Å². The first-order valence-corrected chi connectivity index (χ1v) is 8.41. The number of aromatic nitrogens is 2. The number of ether oxygens (including phenoxy) is 1. The van der Waals surface area contributed by atoms with Gasteiger partial charge < -0.3 is 25.8 Å². The van der Waals surface area contributed by atoms with Crippen molar-refractivity contribution in [3.8, 4) is 11.5 Å². The second-order valence-corrected chi connectivity index (χ2v) is 6.02. The van der Waals surface area contributed by atoms with E-state index < -0.39 is 5.82 Å². The number of hydrogen-bond acceptors (Lipinski definition) is 7. The van der Waals surface area contributed by atoms with E-state index in [0.29, 0.717) is 29.3 Å². The fourth-order valence-corrected chi connectivity index (χ4v) is 2.82.